The molecule has 0 unspecified atom stereocenters. The van der Waals surface area contributed by atoms with Crippen molar-refractivity contribution < 1.29 is 9.63 Å². The fourth-order valence-corrected chi connectivity index (χ4v) is 1.32. The molecule has 0 aliphatic rings. The number of nitrogens with zero attached hydrogens (tertiary/aromatic N) is 2. The Bertz CT molecular complexity index is 297. The largest absolute Gasteiger partial charge is 0.396 e. The fourth-order valence-electron chi connectivity index (χ4n) is 1.32. The highest BCUT2D eigenvalue weighted by molar-refractivity contribution is 4.83. The molecule has 1 rings (SSSR count). The van der Waals surface area contributed by atoms with E-state index in [4.69, 9.17) is 9.63 Å². The second-order valence-electron chi connectivity index (χ2n) is 4.47. The van der Waals surface area contributed by atoms with E-state index in [9.17, 15) is 0 Å². The molecule has 0 radical (unpaired) electrons. The third kappa shape index (κ3) is 4.40. The summed E-state index contributed by atoms with van der Waals surface area (Å²) in [5.41, 5.74) is 0.0908. The van der Waals surface area contributed by atoms with E-state index in [-0.39, 0.29) is 12.0 Å². The van der Waals surface area contributed by atoms with Gasteiger partial charge in [-0.3, -0.25) is 0 Å². The normalized spacial score (nSPS) is 12.0. The van der Waals surface area contributed by atoms with Gasteiger partial charge in [-0.05, 0) is 11.8 Å². The van der Waals surface area contributed by atoms with E-state index in [1.807, 2.05) is 0 Å². The van der Waals surface area contributed by atoms with Crippen molar-refractivity contribution in [3.05, 3.63) is 11.7 Å². The van der Waals surface area contributed by atoms with Crippen LogP contribution in [0.5, 0.6) is 0 Å². The Morgan fingerprint density at radius 1 is 1.47 bits per heavy atom. The molecule has 0 bridgehead atoms. The lowest BCUT2D eigenvalue weighted by molar-refractivity contribution is 0.206. The topological polar surface area (TPSA) is 71.2 Å². The number of aryl methyl sites for hydroxylation is 1. The third-order valence-corrected chi connectivity index (χ3v) is 2.24. The first-order valence-corrected chi connectivity index (χ1v) is 5.14. The van der Waals surface area contributed by atoms with Crippen LogP contribution in [0.2, 0.25) is 0 Å². The first kappa shape index (κ1) is 12.1. The van der Waals surface area contributed by atoms with Gasteiger partial charge < -0.3 is 14.9 Å². The average Bonchev–Trinajstić information content (AvgIpc) is 2.51. The van der Waals surface area contributed by atoms with E-state index in [0.717, 1.165) is 13.0 Å². The van der Waals surface area contributed by atoms with Gasteiger partial charge in [0.1, 0.15) is 0 Å². The Morgan fingerprint density at radius 3 is 2.73 bits per heavy atom. The lowest BCUT2D eigenvalue weighted by Crippen LogP contribution is -2.30. The molecular formula is C10H19N3O2. The molecule has 1 heterocycles. The summed E-state index contributed by atoms with van der Waals surface area (Å²) in [4.78, 5) is 4.09. The van der Waals surface area contributed by atoms with Crippen molar-refractivity contribution in [2.24, 2.45) is 5.41 Å². The molecule has 0 amide bonds. The molecular weight excluding hydrogens is 194 g/mol. The van der Waals surface area contributed by atoms with Crippen LogP contribution in [0.1, 0.15) is 32.0 Å². The molecule has 0 spiro atoms. The monoisotopic (exact) mass is 213 g/mol. The Kier molecular flexibility index (Phi) is 4.23. The quantitative estimate of drug-likeness (QED) is 0.734. The molecule has 1 aromatic rings. The zero-order valence-electron chi connectivity index (χ0n) is 9.58. The van der Waals surface area contributed by atoms with Crippen molar-refractivity contribution in [2.75, 3.05) is 13.2 Å². The number of hydrogen-bond donors (Lipinski definition) is 2. The smallest absolute Gasteiger partial charge is 0.223 e. The van der Waals surface area contributed by atoms with E-state index in [0.29, 0.717) is 18.3 Å². The fraction of sp³-hybridized carbons (Fsp3) is 0.800. The van der Waals surface area contributed by atoms with E-state index in [1.54, 1.807) is 6.92 Å². The maximum absolute atomic E-state index is 8.85. The van der Waals surface area contributed by atoms with Crippen LogP contribution in [0.4, 0.5) is 0 Å². The van der Waals surface area contributed by atoms with Gasteiger partial charge in [-0.2, -0.15) is 4.98 Å². The molecule has 0 saturated heterocycles. The SMILES string of the molecule is Cc1nc(CNCC(C)(C)CCO)no1. The summed E-state index contributed by atoms with van der Waals surface area (Å²) < 4.78 is 4.85. The van der Waals surface area contributed by atoms with Crippen molar-refractivity contribution in [2.45, 2.75) is 33.7 Å². The maximum Gasteiger partial charge on any atom is 0.223 e. The van der Waals surface area contributed by atoms with E-state index >= 15 is 0 Å². The minimum Gasteiger partial charge on any atom is -0.396 e. The second-order valence-corrected chi connectivity index (χ2v) is 4.47. The van der Waals surface area contributed by atoms with Gasteiger partial charge in [0, 0.05) is 20.1 Å². The van der Waals surface area contributed by atoms with Gasteiger partial charge in [-0.1, -0.05) is 19.0 Å². The summed E-state index contributed by atoms with van der Waals surface area (Å²) in [6.45, 7) is 7.63. The van der Waals surface area contributed by atoms with Crippen LogP contribution in [0, 0.1) is 12.3 Å². The van der Waals surface area contributed by atoms with Crippen molar-refractivity contribution >= 4 is 0 Å². The summed E-state index contributed by atoms with van der Waals surface area (Å²) >= 11 is 0. The Morgan fingerprint density at radius 2 is 2.20 bits per heavy atom. The predicted octanol–water partition coefficient (Wildman–Crippen LogP) is 0.876. The molecule has 0 aliphatic heterocycles. The zero-order chi connectivity index (χ0) is 11.3. The van der Waals surface area contributed by atoms with Gasteiger partial charge in [0.05, 0.1) is 6.54 Å². The average molecular weight is 213 g/mol. The van der Waals surface area contributed by atoms with Gasteiger partial charge >= 0.3 is 0 Å². The van der Waals surface area contributed by atoms with Crippen LogP contribution in [-0.4, -0.2) is 28.4 Å². The maximum atomic E-state index is 8.85. The van der Waals surface area contributed by atoms with Crippen LogP contribution in [-0.2, 0) is 6.54 Å². The molecule has 5 nitrogen and oxygen atoms in total. The molecule has 5 heteroatoms. The summed E-state index contributed by atoms with van der Waals surface area (Å²) in [5, 5.41) is 15.9. The van der Waals surface area contributed by atoms with Gasteiger partial charge in [0.25, 0.3) is 0 Å². The second kappa shape index (κ2) is 5.23. The highest BCUT2D eigenvalue weighted by atomic mass is 16.5. The van der Waals surface area contributed by atoms with Crippen molar-refractivity contribution in [1.29, 1.82) is 0 Å². The van der Waals surface area contributed by atoms with Crippen LogP contribution >= 0.6 is 0 Å². The van der Waals surface area contributed by atoms with Gasteiger partial charge in [-0.15, -0.1) is 0 Å². The third-order valence-electron chi connectivity index (χ3n) is 2.24. The highest BCUT2D eigenvalue weighted by Crippen LogP contribution is 2.17. The van der Waals surface area contributed by atoms with Gasteiger partial charge in [0.15, 0.2) is 5.82 Å². The van der Waals surface area contributed by atoms with Crippen LogP contribution in [0.3, 0.4) is 0 Å². The Labute approximate surface area is 89.9 Å². The highest BCUT2D eigenvalue weighted by Gasteiger charge is 2.16. The predicted molar refractivity (Wildman–Crippen MR) is 56.2 cm³/mol. The van der Waals surface area contributed by atoms with Crippen molar-refractivity contribution in [3.63, 3.8) is 0 Å². The molecule has 15 heavy (non-hydrogen) atoms. The first-order chi connectivity index (χ1) is 7.03. The summed E-state index contributed by atoms with van der Waals surface area (Å²) in [6.07, 6.45) is 0.783. The van der Waals surface area contributed by atoms with Crippen LogP contribution < -0.4 is 5.32 Å². The van der Waals surface area contributed by atoms with Crippen molar-refractivity contribution in [3.8, 4) is 0 Å². The molecule has 1 aromatic heterocycles. The summed E-state index contributed by atoms with van der Waals surface area (Å²) in [6, 6.07) is 0. The molecule has 0 aliphatic carbocycles. The molecule has 2 N–H and O–H groups in total. The van der Waals surface area contributed by atoms with Crippen LogP contribution in [0.15, 0.2) is 4.52 Å². The molecule has 0 atom stereocenters. The molecule has 86 valence electrons. The Balaban J connectivity index is 2.27. The number of aliphatic hydroxyl groups is 1. The minimum atomic E-state index is 0.0908. The van der Waals surface area contributed by atoms with Crippen molar-refractivity contribution in [1.82, 2.24) is 15.5 Å². The van der Waals surface area contributed by atoms with E-state index in [1.165, 1.54) is 0 Å². The minimum absolute atomic E-state index is 0.0908. The molecule has 0 aromatic carbocycles. The summed E-state index contributed by atoms with van der Waals surface area (Å²) in [5.74, 6) is 1.26. The summed E-state index contributed by atoms with van der Waals surface area (Å²) in [7, 11) is 0. The van der Waals surface area contributed by atoms with E-state index < -0.39 is 0 Å². The number of aromatic nitrogens is 2. The lowest BCUT2D eigenvalue weighted by atomic mass is 9.90. The van der Waals surface area contributed by atoms with Gasteiger partial charge in [-0.25, -0.2) is 0 Å². The van der Waals surface area contributed by atoms with Crippen LogP contribution in [0.25, 0.3) is 0 Å². The first-order valence-electron chi connectivity index (χ1n) is 5.14. The number of aliphatic hydroxyl groups excluding tert-OH is 1. The lowest BCUT2D eigenvalue weighted by Gasteiger charge is -2.23. The molecule has 0 saturated carbocycles. The zero-order valence-corrected chi connectivity index (χ0v) is 9.58. The Hall–Kier alpha value is -0.940. The number of nitrogens with one attached hydrogen (secondary N) is 1. The standard InChI is InChI=1S/C10H19N3O2/c1-8-12-9(13-15-8)6-11-7-10(2,3)4-5-14/h11,14H,4-7H2,1-3H3. The number of hydrogen-bond acceptors (Lipinski definition) is 5. The van der Waals surface area contributed by atoms with Gasteiger partial charge in [0.2, 0.25) is 5.89 Å². The van der Waals surface area contributed by atoms with E-state index in [2.05, 4.69) is 29.3 Å². The molecule has 0 fully saturated rings. The number of rotatable bonds is 6.